The van der Waals surface area contributed by atoms with Crippen LogP contribution in [0.4, 0.5) is 5.69 Å². The second-order valence-corrected chi connectivity index (χ2v) is 8.82. The monoisotopic (exact) mass is 423 g/mol. The minimum atomic E-state index is -0.816. The van der Waals surface area contributed by atoms with Gasteiger partial charge in [-0.05, 0) is 69.2 Å². The number of carboxylic acids is 1. The van der Waals surface area contributed by atoms with Crippen molar-refractivity contribution in [2.45, 2.75) is 13.0 Å². The molecular weight excluding hydrogens is 402 g/mol. The first kappa shape index (κ1) is 19.3. The highest BCUT2D eigenvalue weighted by Gasteiger charge is 2.06. The average Bonchev–Trinajstić information content (AvgIpc) is 3.19. The zero-order chi connectivity index (χ0) is 21.2. The Morgan fingerprint density at radius 1 is 0.774 bits per heavy atom. The predicted molar refractivity (Wildman–Crippen MR) is 130 cm³/mol. The minimum absolute atomic E-state index is 0.0377. The zero-order valence-electron chi connectivity index (χ0n) is 16.8. The largest absolute Gasteiger partial charge is 0.481 e. The summed E-state index contributed by atoms with van der Waals surface area (Å²) < 4.78 is 1.26. The maximum absolute atomic E-state index is 10.9. The number of aliphatic carboxylic acids is 1. The van der Waals surface area contributed by atoms with E-state index in [0.717, 1.165) is 11.3 Å². The topological polar surface area (TPSA) is 49.3 Å². The number of hydrogen-bond donors (Lipinski definition) is 2. The van der Waals surface area contributed by atoms with Gasteiger partial charge in [-0.2, -0.15) is 0 Å². The van der Waals surface area contributed by atoms with Crippen molar-refractivity contribution in [2.75, 3.05) is 5.32 Å². The molecule has 0 aliphatic heterocycles. The second-order valence-electron chi connectivity index (χ2n) is 7.65. The Morgan fingerprint density at radius 3 is 2.39 bits per heavy atom. The molecule has 0 fully saturated rings. The Kier molecular flexibility index (Phi) is 5.14. The third-order valence-corrected chi connectivity index (χ3v) is 6.52. The first-order valence-corrected chi connectivity index (χ1v) is 11.0. The normalized spacial score (nSPS) is 11.1. The molecule has 0 unspecified atom stereocenters. The fourth-order valence-corrected chi connectivity index (χ4v) is 4.87. The van der Waals surface area contributed by atoms with E-state index in [0.29, 0.717) is 6.54 Å². The second kappa shape index (κ2) is 8.25. The van der Waals surface area contributed by atoms with Gasteiger partial charge in [0.15, 0.2) is 0 Å². The molecule has 2 N–H and O–H groups in total. The standard InChI is InChI=1S/C27H21NO2S/c29-27(30)13-18-4-3-7-24(12-18)28-17-25-16-23-15-22(10-11-26(23)31-25)21-9-8-19-5-1-2-6-20(19)14-21/h1-12,14-16,28H,13,17H2,(H,29,30). The van der Waals surface area contributed by atoms with Crippen LogP contribution in [0.25, 0.3) is 32.0 Å². The lowest BCUT2D eigenvalue weighted by Gasteiger charge is -2.06. The molecule has 0 spiro atoms. The molecule has 4 aromatic carbocycles. The summed E-state index contributed by atoms with van der Waals surface area (Å²) in [5.41, 5.74) is 4.18. The van der Waals surface area contributed by atoms with Gasteiger partial charge in [0.2, 0.25) is 0 Å². The number of nitrogens with one attached hydrogen (secondary N) is 1. The van der Waals surface area contributed by atoms with Gasteiger partial charge in [-0.3, -0.25) is 4.79 Å². The van der Waals surface area contributed by atoms with Crippen molar-refractivity contribution in [1.82, 2.24) is 0 Å². The quantitative estimate of drug-likeness (QED) is 0.310. The number of thiophene rings is 1. The van der Waals surface area contributed by atoms with Gasteiger partial charge >= 0.3 is 5.97 Å². The maximum atomic E-state index is 10.9. The summed E-state index contributed by atoms with van der Waals surface area (Å²) >= 11 is 1.78. The highest BCUT2D eigenvalue weighted by molar-refractivity contribution is 7.19. The molecule has 5 rings (SSSR count). The molecule has 0 saturated carbocycles. The molecule has 1 heterocycles. The number of anilines is 1. The molecule has 152 valence electrons. The Labute approximate surface area is 184 Å². The summed E-state index contributed by atoms with van der Waals surface area (Å²) in [7, 11) is 0. The summed E-state index contributed by atoms with van der Waals surface area (Å²) in [6.07, 6.45) is 0.0377. The number of carbonyl (C=O) groups is 1. The van der Waals surface area contributed by atoms with Crippen molar-refractivity contribution in [2.24, 2.45) is 0 Å². The highest BCUT2D eigenvalue weighted by Crippen LogP contribution is 2.32. The van der Waals surface area contributed by atoms with Crippen molar-refractivity contribution in [1.29, 1.82) is 0 Å². The predicted octanol–water partition coefficient (Wildman–Crippen LogP) is 6.96. The van der Waals surface area contributed by atoms with Crippen molar-refractivity contribution < 1.29 is 9.90 Å². The summed E-state index contributed by atoms with van der Waals surface area (Å²) in [6, 6.07) is 31.5. The van der Waals surface area contributed by atoms with Crippen LogP contribution < -0.4 is 5.32 Å². The lowest BCUT2D eigenvalue weighted by molar-refractivity contribution is -0.136. The Morgan fingerprint density at radius 2 is 1.55 bits per heavy atom. The minimum Gasteiger partial charge on any atom is -0.481 e. The van der Waals surface area contributed by atoms with Gasteiger partial charge in [-0.25, -0.2) is 0 Å². The molecule has 0 amide bonds. The molecule has 0 radical (unpaired) electrons. The first-order chi connectivity index (χ1) is 15.1. The van der Waals surface area contributed by atoms with E-state index in [-0.39, 0.29) is 6.42 Å². The molecule has 0 aliphatic carbocycles. The van der Waals surface area contributed by atoms with E-state index in [1.165, 1.54) is 36.9 Å². The van der Waals surface area contributed by atoms with Crippen molar-refractivity contribution >= 4 is 43.9 Å². The van der Waals surface area contributed by atoms with Crippen LogP contribution in [0.2, 0.25) is 0 Å². The molecule has 0 saturated heterocycles. The van der Waals surface area contributed by atoms with Gasteiger partial charge in [-0.15, -0.1) is 11.3 Å². The van der Waals surface area contributed by atoms with E-state index in [4.69, 9.17) is 5.11 Å². The Balaban J connectivity index is 1.36. The van der Waals surface area contributed by atoms with Crippen LogP contribution in [0.15, 0.2) is 91.0 Å². The fraction of sp³-hybridized carbons (Fsp3) is 0.0741. The van der Waals surface area contributed by atoms with Crippen LogP contribution in [0.5, 0.6) is 0 Å². The molecule has 3 nitrogen and oxygen atoms in total. The molecule has 31 heavy (non-hydrogen) atoms. The Bertz CT molecular complexity index is 1400. The number of benzene rings is 4. The average molecular weight is 424 g/mol. The van der Waals surface area contributed by atoms with E-state index < -0.39 is 5.97 Å². The lowest BCUT2D eigenvalue weighted by atomic mass is 10.0. The summed E-state index contributed by atoms with van der Waals surface area (Å²) in [4.78, 5) is 12.2. The summed E-state index contributed by atoms with van der Waals surface area (Å²) in [6.45, 7) is 0.710. The molecule has 1 aromatic heterocycles. The molecular formula is C27H21NO2S. The van der Waals surface area contributed by atoms with Crippen molar-refractivity contribution in [3.8, 4) is 11.1 Å². The number of rotatable bonds is 6. The van der Waals surface area contributed by atoms with Crippen LogP contribution in [0.1, 0.15) is 10.4 Å². The third-order valence-electron chi connectivity index (χ3n) is 5.40. The van der Waals surface area contributed by atoms with E-state index >= 15 is 0 Å². The zero-order valence-corrected chi connectivity index (χ0v) is 17.7. The maximum Gasteiger partial charge on any atom is 0.307 e. The van der Waals surface area contributed by atoms with E-state index in [9.17, 15) is 4.79 Å². The smallest absolute Gasteiger partial charge is 0.307 e. The summed E-state index contributed by atoms with van der Waals surface area (Å²) in [5, 5.41) is 16.2. The van der Waals surface area contributed by atoms with E-state index in [2.05, 4.69) is 72.0 Å². The summed E-state index contributed by atoms with van der Waals surface area (Å²) in [5.74, 6) is -0.816. The van der Waals surface area contributed by atoms with Crippen molar-refractivity contribution in [3.63, 3.8) is 0 Å². The fourth-order valence-electron chi connectivity index (χ4n) is 3.89. The van der Waals surface area contributed by atoms with Crippen LogP contribution in [0.3, 0.4) is 0 Å². The number of fused-ring (bicyclic) bond motifs is 2. The van der Waals surface area contributed by atoms with Gasteiger partial charge in [0.25, 0.3) is 0 Å². The van der Waals surface area contributed by atoms with Crippen LogP contribution >= 0.6 is 11.3 Å². The van der Waals surface area contributed by atoms with Crippen LogP contribution in [-0.2, 0) is 17.8 Å². The molecule has 0 bridgehead atoms. The van der Waals surface area contributed by atoms with Gasteiger partial charge in [0.1, 0.15) is 0 Å². The third kappa shape index (κ3) is 4.30. The number of hydrogen-bond acceptors (Lipinski definition) is 3. The highest BCUT2D eigenvalue weighted by atomic mass is 32.1. The first-order valence-electron chi connectivity index (χ1n) is 10.2. The van der Waals surface area contributed by atoms with E-state index in [1.54, 1.807) is 11.3 Å². The van der Waals surface area contributed by atoms with Crippen molar-refractivity contribution in [3.05, 3.63) is 101 Å². The van der Waals surface area contributed by atoms with Gasteiger partial charge in [0, 0.05) is 21.8 Å². The van der Waals surface area contributed by atoms with Gasteiger partial charge in [0.05, 0.1) is 6.42 Å². The SMILES string of the molecule is O=C(O)Cc1cccc(NCc2cc3cc(-c4ccc5ccccc5c4)ccc3s2)c1. The van der Waals surface area contributed by atoms with Gasteiger partial charge in [-0.1, -0.05) is 54.6 Å². The van der Waals surface area contributed by atoms with E-state index in [1.807, 2.05) is 24.3 Å². The lowest BCUT2D eigenvalue weighted by Crippen LogP contribution is -2.02. The Hall–Kier alpha value is -3.63. The van der Waals surface area contributed by atoms with Crippen LogP contribution in [-0.4, -0.2) is 11.1 Å². The molecule has 4 heteroatoms. The van der Waals surface area contributed by atoms with Gasteiger partial charge < -0.3 is 10.4 Å². The number of carboxylic acid groups (broad SMARTS) is 1. The molecule has 5 aromatic rings. The van der Waals surface area contributed by atoms with Crippen LogP contribution in [0, 0.1) is 0 Å². The molecule has 0 aliphatic rings. The molecule has 0 atom stereocenters.